The molecule has 1 unspecified atom stereocenters. The lowest BCUT2D eigenvalue weighted by atomic mass is 10.1. The van der Waals surface area contributed by atoms with Crippen molar-refractivity contribution in [2.24, 2.45) is 0 Å². The number of carbonyl (C=O) groups is 1. The van der Waals surface area contributed by atoms with Gasteiger partial charge < -0.3 is 10.1 Å². The van der Waals surface area contributed by atoms with Crippen LogP contribution in [0.4, 0.5) is 23.8 Å². The van der Waals surface area contributed by atoms with E-state index in [4.69, 9.17) is 4.74 Å². The number of nitrogens with zero attached hydrogens (tertiary/aromatic N) is 2. The first-order valence-electron chi connectivity index (χ1n) is 6.46. The van der Waals surface area contributed by atoms with Crippen LogP contribution in [-0.4, -0.2) is 29.5 Å². The van der Waals surface area contributed by atoms with Crippen LogP contribution in [-0.2, 0) is 0 Å². The lowest BCUT2D eigenvalue weighted by molar-refractivity contribution is -0.154. The van der Waals surface area contributed by atoms with Gasteiger partial charge in [0.2, 0.25) is 0 Å². The first-order valence-corrected chi connectivity index (χ1v) is 6.46. The maximum absolute atomic E-state index is 13.2. The Labute approximate surface area is 129 Å². The summed E-state index contributed by atoms with van der Waals surface area (Å²) >= 11 is 0. The summed E-state index contributed by atoms with van der Waals surface area (Å²) < 4.78 is 44.5. The van der Waals surface area contributed by atoms with Gasteiger partial charge in [-0.1, -0.05) is 12.1 Å². The molecule has 0 aliphatic heterocycles. The molecular weight excluding hydrogens is 313 g/mol. The molecule has 0 fully saturated rings. The molecule has 1 aromatic heterocycles. The molecule has 2 N–H and O–H groups in total. The highest BCUT2D eigenvalue weighted by Crippen LogP contribution is 2.33. The maximum atomic E-state index is 13.2. The Morgan fingerprint density at radius 3 is 2.43 bits per heavy atom. The molecule has 1 heterocycles. The molecule has 0 aliphatic carbocycles. The van der Waals surface area contributed by atoms with E-state index >= 15 is 0 Å². The second kappa shape index (κ2) is 6.95. The summed E-state index contributed by atoms with van der Waals surface area (Å²) in [5.41, 5.74) is -0.118. The maximum Gasteiger partial charge on any atom is 0.412 e. The number of rotatable bonds is 4. The molecule has 122 valence electrons. The summed E-state index contributed by atoms with van der Waals surface area (Å²) in [5.74, 6) is 0.458. The SMILES string of the molecule is COc1ccc(C(NC(=O)Nc2cccnn2)C(F)(F)F)cc1. The van der Waals surface area contributed by atoms with Gasteiger partial charge in [-0.15, -0.1) is 5.10 Å². The molecule has 0 aliphatic rings. The third-order valence-electron chi connectivity index (χ3n) is 2.87. The smallest absolute Gasteiger partial charge is 0.412 e. The predicted octanol–water partition coefficient (Wildman–Crippen LogP) is 2.91. The number of ether oxygens (including phenoxy) is 1. The molecule has 2 amide bonds. The fraction of sp³-hybridized carbons (Fsp3) is 0.214. The van der Waals surface area contributed by atoms with Gasteiger partial charge in [-0.25, -0.2) is 4.79 Å². The summed E-state index contributed by atoms with van der Waals surface area (Å²) in [4.78, 5) is 11.8. The molecule has 0 bridgehead atoms. The molecule has 1 aromatic carbocycles. The molecule has 23 heavy (non-hydrogen) atoms. The van der Waals surface area contributed by atoms with Gasteiger partial charge >= 0.3 is 12.2 Å². The van der Waals surface area contributed by atoms with E-state index in [1.54, 1.807) is 0 Å². The van der Waals surface area contributed by atoms with Gasteiger partial charge in [-0.3, -0.25) is 5.32 Å². The molecule has 2 aromatic rings. The molecule has 0 saturated carbocycles. The number of alkyl halides is 3. The first kappa shape index (κ1) is 16.5. The average Bonchev–Trinajstić information content (AvgIpc) is 2.53. The van der Waals surface area contributed by atoms with Gasteiger partial charge in [-0.2, -0.15) is 18.3 Å². The number of carbonyl (C=O) groups excluding carboxylic acids is 1. The molecular formula is C14H13F3N4O2. The number of benzene rings is 1. The molecule has 0 spiro atoms. The van der Waals surface area contributed by atoms with Crippen molar-refractivity contribution < 1.29 is 22.7 Å². The molecule has 2 rings (SSSR count). The fourth-order valence-electron chi connectivity index (χ4n) is 1.80. The Morgan fingerprint density at radius 1 is 1.22 bits per heavy atom. The number of amides is 2. The number of urea groups is 1. The van der Waals surface area contributed by atoms with Crippen molar-refractivity contribution in [1.82, 2.24) is 15.5 Å². The van der Waals surface area contributed by atoms with Crippen molar-refractivity contribution in [3.8, 4) is 5.75 Å². The van der Waals surface area contributed by atoms with Crippen LogP contribution in [0.1, 0.15) is 11.6 Å². The van der Waals surface area contributed by atoms with Crippen LogP contribution < -0.4 is 15.4 Å². The number of halogens is 3. The van der Waals surface area contributed by atoms with Crippen LogP contribution >= 0.6 is 0 Å². The third-order valence-corrected chi connectivity index (χ3v) is 2.87. The van der Waals surface area contributed by atoms with E-state index in [9.17, 15) is 18.0 Å². The van der Waals surface area contributed by atoms with E-state index in [1.807, 2.05) is 5.32 Å². The lowest BCUT2D eigenvalue weighted by Crippen LogP contribution is -2.40. The Morgan fingerprint density at radius 2 is 1.91 bits per heavy atom. The summed E-state index contributed by atoms with van der Waals surface area (Å²) in [6.45, 7) is 0. The number of methoxy groups -OCH3 is 1. The summed E-state index contributed by atoms with van der Waals surface area (Å²) in [5, 5.41) is 11.1. The number of aromatic nitrogens is 2. The van der Waals surface area contributed by atoms with Crippen molar-refractivity contribution in [1.29, 1.82) is 0 Å². The zero-order valence-corrected chi connectivity index (χ0v) is 12.0. The minimum Gasteiger partial charge on any atom is -0.497 e. The van der Waals surface area contributed by atoms with E-state index < -0.39 is 18.2 Å². The van der Waals surface area contributed by atoms with Gasteiger partial charge in [0.25, 0.3) is 0 Å². The Balaban J connectivity index is 2.14. The molecule has 1 atom stereocenters. The quantitative estimate of drug-likeness (QED) is 0.906. The summed E-state index contributed by atoms with van der Waals surface area (Å²) in [6, 6.07) is 4.94. The molecule has 6 nitrogen and oxygen atoms in total. The van der Waals surface area contributed by atoms with Crippen molar-refractivity contribution in [3.05, 3.63) is 48.2 Å². The Bertz CT molecular complexity index is 647. The van der Waals surface area contributed by atoms with Crippen molar-refractivity contribution >= 4 is 11.8 Å². The van der Waals surface area contributed by atoms with Gasteiger partial charge in [0.15, 0.2) is 11.9 Å². The zero-order valence-electron chi connectivity index (χ0n) is 12.0. The van der Waals surface area contributed by atoms with Crippen LogP contribution in [0.25, 0.3) is 0 Å². The number of nitrogens with one attached hydrogen (secondary N) is 2. The summed E-state index contributed by atoms with van der Waals surface area (Å²) in [6.07, 6.45) is -3.28. The molecule has 0 saturated heterocycles. The van der Waals surface area contributed by atoms with Gasteiger partial charge in [0.05, 0.1) is 7.11 Å². The standard InChI is InChI=1S/C14H13F3N4O2/c1-23-10-6-4-9(5-7-10)12(14(15,16)17)20-13(22)19-11-3-2-8-18-21-11/h2-8,12H,1H3,(H2,19,20,21,22). The number of anilines is 1. The largest absolute Gasteiger partial charge is 0.497 e. The van der Waals surface area contributed by atoms with Gasteiger partial charge in [-0.05, 0) is 29.8 Å². The number of hydrogen-bond donors (Lipinski definition) is 2. The van der Waals surface area contributed by atoms with E-state index in [-0.39, 0.29) is 11.4 Å². The highest BCUT2D eigenvalue weighted by molar-refractivity contribution is 5.88. The van der Waals surface area contributed by atoms with Crippen LogP contribution in [0.15, 0.2) is 42.6 Å². The second-order valence-electron chi connectivity index (χ2n) is 4.46. The molecule has 9 heteroatoms. The monoisotopic (exact) mass is 326 g/mol. The van der Waals surface area contributed by atoms with E-state index in [2.05, 4.69) is 15.5 Å². The molecule has 0 radical (unpaired) electrons. The van der Waals surface area contributed by atoms with E-state index in [0.29, 0.717) is 5.75 Å². The minimum absolute atomic E-state index is 0.0423. The van der Waals surface area contributed by atoms with Crippen LogP contribution in [0, 0.1) is 0 Å². The Kier molecular flexibility index (Phi) is 4.99. The lowest BCUT2D eigenvalue weighted by Gasteiger charge is -2.22. The van der Waals surface area contributed by atoms with Crippen molar-refractivity contribution in [2.45, 2.75) is 12.2 Å². The normalized spacial score (nSPS) is 12.3. The number of hydrogen-bond acceptors (Lipinski definition) is 4. The van der Waals surface area contributed by atoms with Crippen LogP contribution in [0.5, 0.6) is 5.75 Å². The van der Waals surface area contributed by atoms with Crippen LogP contribution in [0.3, 0.4) is 0 Å². The highest BCUT2D eigenvalue weighted by Gasteiger charge is 2.42. The first-order chi connectivity index (χ1) is 10.9. The fourth-order valence-corrected chi connectivity index (χ4v) is 1.80. The summed E-state index contributed by atoms with van der Waals surface area (Å²) in [7, 11) is 1.41. The Hall–Kier alpha value is -2.84. The predicted molar refractivity (Wildman–Crippen MR) is 76.0 cm³/mol. The van der Waals surface area contributed by atoms with Crippen molar-refractivity contribution in [3.63, 3.8) is 0 Å². The third kappa shape index (κ3) is 4.56. The average molecular weight is 326 g/mol. The van der Waals surface area contributed by atoms with E-state index in [1.165, 1.54) is 49.7 Å². The van der Waals surface area contributed by atoms with Crippen molar-refractivity contribution in [2.75, 3.05) is 12.4 Å². The van der Waals surface area contributed by atoms with Crippen LogP contribution in [0.2, 0.25) is 0 Å². The second-order valence-corrected chi connectivity index (χ2v) is 4.46. The zero-order chi connectivity index (χ0) is 16.9. The topological polar surface area (TPSA) is 76.1 Å². The van der Waals surface area contributed by atoms with Gasteiger partial charge in [0, 0.05) is 6.20 Å². The van der Waals surface area contributed by atoms with E-state index in [0.717, 1.165) is 0 Å². The highest BCUT2D eigenvalue weighted by atomic mass is 19.4. The minimum atomic E-state index is -4.66. The van der Waals surface area contributed by atoms with Gasteiger partial charge in [0.1, 0.15) is 5.75 Å².